The largest absolute Gasteiger partial charge is 0.494 e. The smallest absolute Gasteiger partial charge is 0.290 e. The molecule has 1 aromatic carbocycles. The number of hydrogen-bond donors (Lipinski definition) is 3. The summed E-state index contributed by atoms with van der Waals surface area (Å²) in [6.45, 7) is 0.186. The average molecular weight is 491 g/mol. The number of tetrazole rings is 1. The van der Waals surface area contributed by atoms with Crippen molar-refractivity contribution in [2.45, 2.75) is 31.8 Å². The second-order valence-corrected chi connectivity index (χ2v) is 8.49. The van der Waals surface area contributed by atoms with Gasteiger partial charge in [-0.15, -0.1) is 15.7 Å². The monoisotopic (exact) mass is 491 g/mol. The predicted octanol–water partition coefficient (Wildman–Crippen LogP) is 0.790. The minimum Gasteiger partial charge on any atom is -0.494 e. The molecule has 3 aromatic heterocycles. The van der Waals surface area contributed by atoms with Gasteiger partial charge in [-0.25, -0.2) is 19.2 Å². The van der Waals surface area contributed by atoms with Crippen LogP contribution < -0.4 is 21.0 Å². The fourth-order valence-corrected chi connectivity index (χ4v) is 4.07. The van der Waals surface area contributed by atoms with Crippen molar-refractivity contribution >= 4 is 17.4 Å². The molecule has 13 nitrogen and oxygen atoms in total. The number of halogens is 1. The van der Waals surface area contributed by atoms with Gasteiger partial charge in [0.15, 0.2) is 11.6 Å². The van der Waals surface area contributed by atoms with Crippen LogP contribution in [0.3, 0.4) is 0 Å². The van der Waals surface area contributed by atoms with Gasteiger partial charge in [0, 0.05) is 24.5 Å². The highest BCUT2D eigenvalue weighted by Gasteiger charge is 2.25. The molecule has 0 spiro atoms. The van der Waals surface area contributed by atoms with E-state index in [1.165, 1.54) is 47.7 Å². The van der Waals surface area contributed by atoms with Crippen molar-refractivity contribution in [1.29, 1.82) is 0 Å². The second-order valence-electron chi connectivity index (χ2n) is 8.49. The van der Waals surface area contributed by atoms with E-state index in [1.54, 1.807) is 6.07 Å². The summed E-state index contributed by atoms with van der Waals surface area (Å²) in [5, 5.41) is 19.4. The Morgan fingerprint density at radius 2 is 2.14 bits per heavy atom. The van der Waals surface area contributed by atoms with Crippen molar-refractivity contribution in [2.24, 2.45) is 5.10 Å². The van der Waals surface area contributed by atoms with Crippen LogP contribution >= 0.6 is 0 Å². The molecular weight excluding hydrogens is 469 g/mol. The number of benzene rings is 1. The molecule has 1 amide bonds. The first-order chi connectivity index (χ1) is 17.6. The van der Waals surface area contributed by atoms with Gasteiger partial charge in [0.05, 0.1) is 25.0 Å². The zero-order valence-electron chi connectivity index (χ0n) is 19.2. The normalized spacial score (nSPS) is 15.2. The van der Waals surface area contributed by atoms with E-state index >= 15 is 0 Å². The first-order valence-corrected chi connectivity index (χ1v) is 11.3. The van der Waals surface area contributed by atoms with E-state index in [4.69, 9.17) is 4.74 Å². The number of carbonyl (C=O) groups excluding carboxylic acids is 1. The van der Waals surface area contributed by atoms with E-state index in [9.17, 15) is 9.18 Å². The lowest BCUT2D eigenvalue weighted by molar-refractivity contribution is -0.115. The van der Waals surface area contributed by atoms with E-state index in [0.717, 1.165) is 11.3 Å². The van der Waals surface area contributed by atoms with Gasteiger partial charge in [-0.3, -0.25) is 10.2 Å². The van der Waals surface area contributed by atoms with Crippen molar-refractivity contribution in [1.82, 2.24) is 51.0 Å². The summed E-state index contributed by atoms with van der Waals surface area (Å²) in [5.74, 6) is -0.425. The number of nitrogens with zero attached hydrogens (tertiary/aromatic N) is 8. The number of ether oxygens (including phenoxy) is 1. The number of amidine groups is 1. The molecule has 36 heavy (non-hydrogen) atoms. The molecule has 6 rings (SSSR count). The number of fused-ring (bicyclic) bond motifs is 1. The van der Waals surface area contributed by atoms with Gasteiger partial charge in [0.2, 0.25) is 5.84 Å². The van der Waals surface area contributed by atoms with Crippen LogP contribution in [-0.2, 0) is 17.9 Å². The SMILES string of the molecule is COc1ccc(-n2cnnn2)c(CNC(=O)C2=NN(Cc3cn4cc(C5CC5)ccc4n3)NN2)c1F. The molecular formula is C22H22FN11O2. The van der Waals surface area contributed by atoms with Crippen molar-refractivity contribution < 1.29 is 13.9 Å². The standard InChI is InChI=1S/C22H22FN11O2/c1-36-18-6-5-17(33-12-25-29-31-33)16(20(18)23)8-24-22(35)21-27-30-34(28-21)11-15-10-32-9-14(13-2-3-13)4-7-19(32)26-15/h4-7,9-10,12-13,30H,2-3,8,11H2,1H3,(H,24,35)(H,27,28). The quantitative estimate of drug-likeness (QED) is 0.326. The minimum atomic E-state index is -0.622. The van der Waals surface area contributed by atoms with Gasteiger partial charge in [-0.2, -0.15) is 0 Å². The maximum absolute atomic E-state index is 15.0. The maximum Gasteiger partial charge on any atom is 0.290 e. The third-order valence-corrected chi connectivity index (χ3v) is 6.05. The molecule has 0 saturated heterocycles. The molecule has 1 fully saturated rings. The van der Waals surface area contributed by atoms with Gasteiger partial charge >= 0.3 is 0 Å². The molecule has 4 heterocycles. The lowest BCUT2D eigenvalue weighted by Gasteiger charge is -2.13. The number of aromatic nitrogens is 6. The number of carbonyl (C=O) groups is 1. The average Bonchev–Trinajstić information content (AvgIpc) is 3.24. The van der Waals surface area contributed by atoms with Gasteiger partial charge in [0.25, 0.3) is 5.91 Å². The molecule has 3 N–H and O–H groups in total. The van der Waals surface area contributed by atoms with E-state index in [1.807, 2.05) is 16.7 Å². The summed E-state index contributed by atoms with van der Waals surface area (Å²) in [6.07, 6.45) is 7.87. The molecule has 0 unspecified atom stereocenters. The molecule has 2 aliphatic rings. The Morgan fingerprint density at radius 1 is 1.25 bits per heavy atom. The fraction of sp³-hybridized carbons (Fsp3) is 0.273. The van der Waals surface area contributed by atoms with Gasteiger partial charge in [0.1, 0.15) is 12.0 Å². The number of rotatable bonds is 8. The summed E-state index contributed by atoms with van der Waals surface area (Å²) < 4.78 is 23.4. The fourth-order valence-electron chi connectivity index (χ4n) is 4.07. The Bertz CT molecular complexity index is 1460. The zero-order chi connectivity index (χ0) is 24.6. The van der Waals surface area contributed by atoms with Gasteiger partial charge in [-0.1, -0.05) is 6.07 Å². The van der Waals surface area contributed by atoms with E-state index < -0.39 is 11.7 Å². The Balaban J connectivity index is 1.13. The molecule has 4 aromatic rings. The Morgan fingerprint density at radius 3 is 2.92 bits per heavy atom. The first kappa shape index (κ1) is 21.9. The highest BCUT2D eigenvalue weighted by atomic mass is 19.1. The van der Waals surface area contributed by atoms with Crippen LogP contribution in [0.2, 0.25) is 0 Å². The molecule has 0 atom stereocenters. The molecule has 0 bridgehead atoms. The van der Waals surface area contributed by atoms with Crippen molar-refractivity contribution in [3.05, 3.63) is 65.6 Å². The number of imidazole rings is 1. The third kappa shape index (κ3) is 4.17. The number of hydrazone groups is 1. The Kier molecular flexibility index (Phi) is 5.41. The maximum atomic E-state index is 15.0. The van der Waals surface area contributed by atoms with Crippen molar-refractivity contribution in [3.8, 4) is 11.4 Å². The molecule has 184 valence electrons. The van der Waals surface area contributed by atoms with Crippen LogP contribution in [0.4, 0.5) is 4.39 Å². The second kappa shape index (κ2) is 8.88. The highest BCUT2D eigenvalue weighted by molar-refractivity contribution is 6.37. The number of pyridine rings is 1. The van der Waals surface area contributed by atoms with Crippen LogP contribution in [0.5, 0.6) is 5.75 Å². The number of nitrogens with one attached hydrogen (secondary N) is 3. The van der Waals surface area contributed by atoms with E-state index in [2.05, 4.69) is 54.2 Å². The zero-order valence-corrected chi connectivity index (χ0v) is 19.2. The lowest BCUT2D eigenvalue weighted by atomic mass is 10.1. The first-order valence-electron chi connectivity index (χ1n) is 11.3. The molecule has 1 saturated carbocycles. The topological polar surface area (TPSA) is 139 Å². The van der Waals surface area contributed by atoms with Crippen LogP contribution in [0.1, 0.15) is 35.6 Å². The molecule has 0 radical (unpaired) electrons. The molecule has 1 aliphatic heterocycles. The van der Waals surface area contributed by atoms with Crippen molar-refractivity contribution in [3.63, 3.8) is 0 Å². The predicted molar refractivity (Wildman–Crippen MR) is 124 cm³/mol. The number of hydrogen-bond acceptors (Lipinski definition) is 10. The van der Waals surface area contributed by atoms with Gasteiger partial charge < -0.3 is 14.5 Å². The summed E-state index contributed by atoms with van der Waals surface area (Å²) in [5.41, 5.74) is 9.04. The molecule has 14 heteroatoms. The summed E-state index contributed by atoms with van der Waals surface area (Å²) in [7, 11) is 1.37. The highest BCUT2D eigenvalue weighted by Crippen LogP contribution is 2.39. The summed E-state index contributed by atoms with van der Waals surface area (Å²) in [6, 6.07) is 7.21. The number of hydrazine groups is 2. The third-order valence-electron chi connectivity index (χ3n) is 6.05. The number of methoxy groups -OCH3 is 1. The lowest BCUT2D eigenvalue weighted by Crippen LogP contribution is -2.43. The van der Waals surface area contributed by atoms with Gasteiger partial charge in [-0.05, 0) is 52.9 Å². The van der Waals surface area contributed by atoms with Crippen LogP contribution in [0.15, 0.2) is 48.1 Å². The van der Waals surface area contributed by atoms with Crippen LogP contribution in [0, 0.1) is 5.82 Å². The minimum absolute atomic E-state index is 0.0297. The Hall–Kier alpha value is -4.59. The molecule has 1 aliphatic carbocycles. The van der Waals surface area contributed by atoms with Crippen LogP contribution in [-0.4, -0.2) is 53.6 Å². The van der Waals surface area contributed by atoms with E-state index in [0.29, 0.717) is 18.2 Å². The Labute approximate surface area is 203 Å². The van der Waals surface area contributed by atoms with Crippen LogP contribution in [0.25, 0.3) is 11.3 Å². The van der Waals surface area contributed by atoms with E-state index in [-0.39, 0.29) is 23.7 Å². The summed E-state index contributed by atoms with van der Waals surface area (Å²) >= 11 is 0. The summed E-state index contributed by atoms with van der Waals surface area (Å²) in [4.78, 5) is 17.4. The number of amides is 1. The van der Waals surface area contributed by atoms with Crippen molar-refractivity contribution in [2.75, 3.05) is 7.11 Å².